The van der Waals surface area contributed by atoms with E-state index < -0.39 is 17.6 Å². The summed E-state index contributed by atoms with van der Waals surface area (Å²) >= 11 is 9.31. The number of thiazole rings is 1. The molecular formula is C24H16BrClN2O6S. The van der Waals surface area contributed by atoms with Crippen molar-refractivity contribution in [1.29, 1.82) is 0 Å². The number of aromatic nitrogens is 1. The van der Waals surface area contributed by atoms with Crippen molar-refractivity contribution in [2.24, 2.45) is 0 Å². The third-order valence-corrected chi connectivity index (χ3v) is 5.40. The third-order valence-electron chi connectivity index (χ3n) is 3.86. The van der Waals surface area contributed by atoms with E-state index in [0.717, 1.165) is 16.2 Å². The fraction of sp³-hybridized carbons (Fsp3) is 0. The summed E-state index contributed by atoms with van der Waals surface area (Å²) < 4.78 is 15.7. The largest absolute Gasteiger partial charge is 0.431 e. The molecule has 0 N–H and O–H groups in total. The number of hydrogen-bond acceptors (Lipinski definition) is 8. The van der Waals surface area contributed by atoms with Gasteiger partial charge in [-0.1, -0.05) is 65.9 Å². The summed E-state index contributed by atoms with van der Waals surface area (Å²) in [5, 5.41) is 0.133. The maximum Gasteiger partial charge on any atom is 0.431 e. The Hall–Kier alpha value is -3.73. The lowest BCUT2D eigenvalue weighted by Gasteiger charge is -2.17. The molecule has 178 valence electrons. The van der Waals surface area contributed by atoms with Crippen molar-refractivity contribution in [3.63, 3.8) is 0 Å². The average Bonchev–Trinajstić information content (AvgIpc) is 3.26. The number of halogens is 2. The highest BCUT2D eigenvalue weighted by atomic mass is 79.9. The highest BCUT2D eigenvalue weighted by Gasteiger charge is 2.30. The summed E-state index contributed by atoms with van der Waals surface area (Å²) in [5.74, 6) is 1.07. The zero-order valence-electron chi connectivity index (χ0n) is 17.7. The summed E-state index contributed by atoms with van der Waals surface area (Å²) in [6, 6.07) is 25.5. The molecular weight excluding hydrogens is 560 g/mol. The highest BCUT2D eigenvalue weighted by molar-refractivity contribution is 9.11. The SMILES string of the molecule is O=C(Cl)Oc1ccccc1.O=C(Oc1ccccc1)N(C(=O)Oc1ccccc1)c1ncc(Br)s1. The minimum absolute atomic E-state index is 0.133. The lowest BCUT2D eigenvalue weighted by Crippen LogP contribution is -2.40. The van der Waals surface area contributed by atoms with Crippen LogP contribution >= 0.6 is 38.9 Å². The molecule has 8 nitrogen and oxygen atoms in total. The zero-order chi connectivity index (χ0) is 25.0. The molecule has 0 spiro atoms. The van der Waals surface area contributed by atoms with Crippen molar-refractivity contribution in [3.05, 3.63) is 101 Å². The van der Waals surface area contributed by atoms with Crippen molar-refractivity contribution in [3.8, 4) is 17.2 Å². The van der Waals surface area contributed by atoms with E-state index >= 15 is 0 Å². The Bertz CT molecular complexity index is 1210. The molecule has 0 fully saturated rings. The van der Waals surface area contributed by atoms with Gasteiger partial charge in [-0.05, 0) is 52.3 Å². The minimum atomic E-state index is -0.908. The van der Waals surface area contributed by atoms with Crippen LogP contribution in [-0.2, 0) is 0 Å². The van der Waals surface area contributed by atoms with Crippen molar-refractivity contribution in [2.75, 3.05) is 4.90 Å². The summed E-state index contributed by atoms with van der Waals surface area (Å²) in [6.45, 7) is 0. The van der Waals surface area contributed by atoms with Gasteiger partial charge in [-0.15, -0.1) is 0 Å². The molecule has 35 heavy (non-hydrogen) atoms. The highest BCUT2D eigenvalue weighted by Crippen LogP contribution is 2.28. The standard InChI is InChI=1S/C17H11BrN2O4S.C7H5ClO2/c18-14-11-19-15(25-14)20(16(21)23-12-7-3-1-4-8-12)17(22)24-13-9-5-2-6-10-13;8-7(9)10-6-4-2-1-3-5-6/h1-11H;1-5H. The van der Waals surface area contributed by atoms with Gasteiger partial charge in [0.15, 0.2) is 0 Å². The molecule has 0 radical (unpaired) electrons. The Morgan fingerprint density at radius 1 is 0.714 bits per heavy atom. The van der Waals surface area contributed by atoms with E-state index in [1.54, 1.807) is 84.9 Å². The number of carbonyl (C=O) groups excluding carboxylic acids is 3. The van der Waals surface area contributed by atoms with Crippen LogP contribution < -0.4 is 19.1 Å². The monoisotopic (exact) mass is 574 g/mol. The van der Waals surface area contributed by atoms with E-state index in [1.807, 2.05) is 6.07 Å². The fourth-order valence-corrected chi connectivity index (χ4v) is 3.68. The number of carbonyl (C=O) groups is 3. The molecule has 4 aromatic rings. The molecule has 0 bridgehead atoms. The van der Waals surface area contributed by atoms with E-state index in [4.69, 9.17) is 21.1 Å². The normalized spacial score (nSPS) is 9.77. The first kappa shape index (κ1) is 25.9. The molecule has 2 amide bonds. The van der Waals surface area contributed by atoms with E-state index in [-0.39, 0.29) is 5.13 Å². The second kappa shape index (κ2) is 13.2. The first-order valence-electron chi connectivity index (χ1n) is 9.80. The van der Waals surface area contributed by atoms with Gasteiger partial charge in [0.1, 0.15) is 17.2 Å². The van der Waals surface area contributed by atoms with Gasteiger partial charge in [0.05, 0.1) is 9.98 Å². The van der Waals surface area contributed by atoms with Crippen LogP contribution in [0.15, 0.2) is 101 Å². The van der Waals surface area contributed by atoms with Crippen LogP contribution in [0.3, 0.4) is 0 Å². The number of rotatable bonds is 4. The minimum Gasteiger partial charge on any atom is -0.415 e. The second-order valence-electron chi connectivity index (χ2n) is 6.30. The number of hydrogen-bond donors (Lipinski definition) is 0. The Morgan fingerprint density at radius 2 is 1.11 bits per heavy atom. The number of benzene rings is 3. The van der Waals surface area contributed by atoms with Crippen LogP contribution in [0.1, 0.15) is 0 Å². The quantitative estimate of drug-likeness (QED) is 0.232. The summed E-state index contributed by atoms with van der Waals surface area (Å²) in [6.07, 6.45) is -0.332. The van der Waals surface area contributed by atoms with Gasteiger partial charge < -0.3 is 14.2 Å². The molecule has 0 aliphatic carbocycles. The number of para-hydroxylation sites is 3. The fourth-order valence-electron chi connectivity index (χ4n) is 2.43. The number of anilines is 1. The third kappa shape index (κ3) is 8.53. The molecule has 0 aliphatic heterocycles. The Morgan fingerprint density at radius 3 is 1.46 bits per heavy atom. The summed E-state index contributed by atoms with van der Waals surface area (Å²) in [5.41, 5.74) is -0.814. The number of ether oxygens (including phenoxy) is 3. The van der Waals surface area contributed by atoms with Gasteiger partial charge in [0, 0.05) is 11.6 Å². The molecule has 1 heterocycles. The van der Waals surface area contributed by atoms with Crippen LogP contribution in [-0.4, -0.2) is 22.6 Å². The van der Waals surface area contributed by atoms with E-state index in [1.165, 1.54) is 6.20 Å². The van der Waals surface area contributed by atoms with Gasteiger partial charge in [-0.25, -0.2) is 19.4 Å². The van der Waals surface area contributed by atoms with Crippen LogP contribution in [0.2, 0.25) is 0 Å². The van der Waals surface area contributed by atoms with E-state index in [2.05, 4.69) is 25.7 Å². The molecule has 0 aliphatic rings. The molecule has 0 saturated carbocycles. The predicted molar refractivity (Wildman–Crippen MR) is 136 cm³/mol. The van der Waals surface area contributed by atoms with Crippen molar-refractivity contribution in [1.82, 2.24) is 4.98 Å². The lowest BCUT2D eigenvalue weighted by atomic mass is 10.3. The number of nitrogens with zero attached hydrogens (tertiary/aromatic N) is 2. The first-order chi connectivity index (χ1) is 16.9. The molecule has 4 rings (SSSR count). The molecule has 11 heteroatoms. The summed E-state index contributed by atoms with van der Waals surface area (Å²) in [7, 11) is 0. The van der Waals surface area contributed by atoms with Crippen molar-refractivity contribution in [2.45, 2.75) is 0 Å². The van der Waals surface area contributed by atoms with Gasteiger partial charge in [-0.2, -0.15) is 4.90 Å². The maximum absolute atomic E-state index is 12.5. The van der Waals surface area contributed by atoms with E-state index in [0.29, 0.717) is 21.0 Å². The van der Waals surface area contributed by atoms with Crippen LogP contribution in [0, 0.1) is 0 Å². The number of amides is 2. The van der Waals surface area contributed by atoms with E-state index in [9.17, 15) is 14.4 Å². The Balaban J connectivity index is 0.000000287. The molecule has 0 saturated heterocycles. The molecule has 0 atom stereocenters. The Kier molecular flexibility index (Phi) is 9.79. The zero-order valence-corrected chi connectivity index (χ0v) is 20.9. The molecule has 0 unspecified atom stereocenters. The molecule has 3 aromatic carbocycles. The second-order valence-corrected chi connectivity index (χ2v) is 8.99. The van der Waals surface area contributed by atoms with Crippen LogP contribution in [0.5, 0.6) is 17.2 Å². The Labute approximate surface area is 217 Å². The van der Waals surface area contributed by atoms with Crippen LogP contribution in [0.25, 0.3) is 0 Å². The van der Waals surface area contributed by atoms with Crippen molar-refractivity contribution >= 4 is 61.6 Å². The lowest BCUT2D eigenvalue weighted by molar-refractivity contribution is 0.190. The maximum atomic E-state index is 12.5. The number of imide groups is 1. The van der Waals surface area contributed by atoms with Crippen molar-refractivity contribution < 1.29 is 28.6 Å². The van der Waals surface area contributed by atoms with Gasteiger partial charge in [0.25, 0.3) is 0 Å². The average molecular weight is 576 g/mol. The summed E-state index contributed by atoms with van der Waals surface area (Å²) in [4.78, 5) is 40.0. The molecule has 1 aromatic heterocycles. The van der Waals surface area contributed by atoms with Crippen LogP contribution in [0.4, 0.5) is 19.5 Å². The van der Waals surface area contributed by atoms with Gasteiger partial charge >= 0.3 is 17.6 Å². The topological polar surface area (TPSA) is 95.0 Å². The van der Waals surface area contributed by atoms with Gasteiger partial charge in [0.2, 0.25) is 5.13 Å². The first-order valence-corrected chi connectivity index (χ1v) is 11.8. The van der Waals surface area contributed by atoms with Gasteiger partial charge in [-0.3, -0.25) is 0 Å². The predicted octanol–water partition coefficient (Wildman–Crippen LogP) is 7.53. The smallest absolute Gasteiger partial charge is 0.415 e.